The van der Waals surface area contributed by atoms with Crippen molar-refractivity contribution in [2.75, 3.05) is 13.7 Å². The fourth-order valence-corrected chi connectivity index (χ4v) is 4.01. The number of amidine groups is 1. The van der Waals surface area contributed by atoms with Gasteiger partial charge in [0.25, 0.3) is 5.91 Å². The number of aliphatic imine (C=N–C) groups is 1. The van der Waals surface area contributed by atoms with Gasteiger partial charge in [-0.2, -0.15) is 0 Å². The van der Waals surface area contributed by atoms with Crippen LogP contribution in [-0.4, -0.2) is 39.7 Å². The second-order valence-corrected chi connectivity index (χ2v) is 7.70. The summed E-state index contributed by atoms with van der Waals surface area (Å²) in [6.45, 7) is 6.22. The van der Waals surface area contributed by atoms with Gasteiger partial charge in [-0.05, 0) is 67.4 Å². The molecule has 30 heavy (non-hydrogen) atoms. The summed E-state index contributed by atoms with van der Waals surface area (Å²) in [5, 5.41) is 21.7. The van der Waals surface area contributed by atoms with Crippen LogP contribution in [-0.2, 0) is 4.79 Å². The van der Waals surface area contributed by atoms with Gasteiger partial charge in [-0.25, -0.2) is 4.99 Å². The minimum absolute atomic E-state index is 0.0388. The van der Waals surface area contributed by atoms with Crippen LogP contribution in [0, 0.1) is 24.0 Å². The Morgan fingerprint density at radius 1 is 1.30 bits per heavy atom. The topological polar surface area (TPSA) is 105 Å². The molecule has 156 valence electrons. The van der Waals surface area contributed by atoms with Gasteiger partial charge in [-0.1, -0.05) is 12.1 Å². The molecule has 0 bridgehead atoms. The van der Waals surface area contributed by atoms with Crippen molar-refractivity contribution in [3.63, 3.8) is 0 Å². The van der Waals surface area contributed by atoms with Crippen LogP contribution < -0.4 is 4.74 Å². The lowest BCUT2D eigenvalue weighted by Gasteiger charge is -2.12. The molecule has 2 aromatic carbocycles. The predicted molar refractivity (Wildman–Crippen MR) is 117 cm³/mol. The monoisotopic (exact) mass is 427 g/mol. The first-order valence-corrected chi connectivity index (χ1v) is 9.99. The number of amides is 1. The molecule has 8 nitrogen and oxygen atoms in total. The van der Waals surface area contributed by atoms with Gasteiger partial charge in [0.05, 0.1) is 22.6 Å². The molecule has 1 amide bonds. The Balaban J connectivity index is 2.04. The fraction of sp³-hybridized carbons (Fsp3) is 0.238. The highest BCUT2D eigenvalue weighted by Crippen LogP contribution is 2.39. The zero-order chi connectivity index (χ0) is 22.0. The summed E-state index contributed by atoms with van der Waals surface area (Å²) in [5.74, 6) is -0.827. The maximum Gasteiger partial charge on any atom is 0.315 e. The van der Waals surface area contributed by atoms with Crippen LogP contribution in [0.15, 0.2) is 40.2 Å². The van der Waals surface area contributed by atoms with E-state index in [0.717, 1.165) is 16.8 Å². The minimum Gasteiger partial charge on any atom is -0.500 e. The Morgan fingerprint density at radius 3 is 2.67 bits per heavy atom. The van der Waals surface area contributed by atoms with Gasteiger partial charge in [0.15, 0.2) is 10.9 Å². The molecule has 1 saturated heterocycles. The first kappa shape index (κ1) is 21.4. The third-order valence-electron chi connectivity index (χ3n) is 4.58. The number of likely N-dealkylation sites (N-methyl/N-ethyl adjacent to an activating group) is 1. The van der Waals surface area contributed by atoms with E-state index in [1.807, 2.05) is 39.0 Å². The summed E-state index contributed by atoms with van der Waals surface area (Å²) in [6.07, 6.45) is 1.54. The molecular weight excluding hydrogens is 406 g/mol. The van der Waals surface area contributed by atoms with Crippen LogP contribution in [0.25, 0.3) is 6.08 Å². The molecule has 0 aliphatic carbocycles. The number of hydrogen-bond acceptors (Lipinski definition) is 7. The van der Waals surface area contributed by atoms with E-state index in [1.54, 1.807) is 4.90 Å². The number of nitro groups is 1. The number of ether oxygens (including phenoxy) is 1. The van der Waals surface area contributed by atoms with E-state index >= 15 is 0 Å². The van der Waals surface area contributed by atoms with Crippen LogP contribution in [0.5, 0.6) is 11.5 Å². The second kappa shape index (κ2) is 8.58. The number of aryl methyl sites for hydroxylation is 2. The molecule has 0 spiro atoms. The molecule has 1 aliphatic heterocycles. The zero-order valence-electron chi connectivity index (χ0n) is 17.0. The van der Waals surface area contributed by atoms with Gasteiger partial charge in [-0.3, -0.25) is 19.8 Å². The van der Waals surface area contributed by atoms with Crippen molar-refractivity contribution in [3.05, 3.63) is 62.0 Å². The molecular formula is C21H21N3O5S. The molecule has 1 N–H and O–H groups in total. The normalized spacial score (nSPS) is 16.5. The number of thioether (sulfide) groups is 1. The third kappa shape index (κ3) is 4.16. The SMILES string of the molecule is CCN1C(=O)/C(=C\c2cc(OC)c(O)c([N+](=O)[O-])c2)SC1=Nc1cc(C)ccc1C. The molecule has 0 aromatic heterocycles. The number of nitro benzene ring substituents is 1. The van der Waals surface area contributed by atoms with Crippen molar-refractivity contribution < 1.29 is 19.6 Å². The first-order chi connectivity index (χ1) is 14.2. The number of rotatable bonds is 5. The number of benzene rings is 2. The highest BCUT2D eigenvalue weighted by Gasteiger charge is 2.32. The molecule has 0 saturated carbocycles. The number of carbonyl (C=O) groups excluding carboxylic acids is 1. The van der Waals surface area contributed by atoms with Gasteiger partial charge in [0.2, 0.25) is 5.75 Å². The number of aromatic hydroxyl groups is 1. The number of methoxy groups -OCH3 is 1. The van der Waals surface area contributed by atoms with Crippen molar-refractivity contribution in [2.45, 2.75) is 20.8 Å². The summed E-state index contributed by atoms with van der Waals surface area (Å²) in [7, 11) is 1.30. The van der Waals surface area contributed by atoms with E-state index in [-0.39, 0.29) is 11.7 Å². The predicted octanol–water partition coefficient (Wildman–Crippen LogP) is 4.55. The van der Waals surface area contributed by atoms with E-state index in [9.17, 15) is 20.0 Å². The quantitative estimate of drug-likeness (QED) is 0.426. The number of phenols is 1. The lowest BCUT2D eigenvalue weighted by Crippen LogP contribution is -2.28. The molecule has 9 heteroatoms. The molecule has 1 fully saturated rings. The smallest absolute Gasteiger partial charge is 0.315 e. The van der Waals surface area contributed by atoms with Gasteiger partial charge >= 0.3 is 5.69 Å². The molecule has 0 radical (unpaired) electrons. The van der Waals surface area contributed by atoms with E-state index in [1.165, 1.54) is 37.1 Å². The number of hydrogen-bond donors (Lipinski definition) is 1. The van der Waals surface area contributed by atoms with E-state index in [4.69, 9.17) is 4.74 Å². The number of nitrogens with zero attached hydrogens (tertiary/aromatic N) is 3. The average Bonchev–Trinajstić information content (AvgIpc) is 2.99. The summed E-state index contributed by atoms with van der Waals surface area (Å²) in [5.41, 5.74) is 2.72. The van der Waals surface area contributed by atoms with E-state index in [0.29, 0.717) is 22.2 Å². The van der Waals surface area contributed by atoms with Crippen LogP contribution in [0.4, 0.5) is 11.4 Å². The Labute approximate surface area is 178 Å². The van der Waals surface area contributed by atoms with E-state index < -0.39 is 16.4 Å². The minimum atomic E-state index is -0.699. The average molecular weight is 427 g/mol. The van der Waals surface area contributed by atoms with Crippen molar-refractivity contribution in [2.24, 2.45) is 4.99 Å². The van der Waals surface area contributed by atoms with Crippen LogP contribution in [0.1, 0.15) is 23.6 Å². The summed E-state index contributed by atoms with van der Waals surface area (Å²) in [4.78, 5) is 30.0. The molecule has 0 atom stereocenters. The Kier molecular flexibility index (Phi) is 6.12. The maximum atomic E-state index is 12.9. The van der Waals surface area contributed by atoms with Crippen LogP contribution in [0.2, 0.25) is 0 Å². The zero-order valence-corrected chi connectivity index (χ0v) is 17.8. The molecule has 1 heterocycles. The lowest BCUT2D eigenvalue weighted by atomic mass is 10.1. The summed E-state index contributed by atoms with van der Waals surface area (Å²) in [6, 6.07) is 8.58. The van der Waals surface area contributed by atoms with Gasteiger partial charge in [0, 0.05) is 12.6 Å². The Hall–Kier alpha value is -3.33. The Morgan fingerprint density at radius 2 is 2.03 bits per heavy atom. The lowest BCUT2D eigenvalue weighted by molar-refractivity contribution is -0.386. The number of carbonyl (C=O) groups is 1. The van der Waals surface area contributed by atoms with Gasteiger partial charge in [0.1, 0.15) is 0 Å². The summed E-state index contributed by atoms with van der Waals surface area (Å²) >= 11 is 1.20. The summed E-state index contributed by atoms with van der Waals surface area (Å²) < 4.78 is 5.02. The van der Waals surface area contributed by atoms with Crippen molar-refractivity contribution >= 4 is 40.3 Å². The fourth-order valence-electron chi connectivity index (χ4n) is 2.96. The second-order valence-electron chi connectivity index (χ2n) is 6.69. The molecule has 0 unspecified atom stereocenters. The molecule has 2 aromatic rings. The van der Waals surface area contributed by atoms with Crippen molar-refractivity contribution in [1.29, 1.82) is 0 Å². The maximum absolute atomic E-state index is 12.9. The number of phenolic OH excluding ortho intramolecular Hbond substituents is 1. The highest BCUT2D eigenvalue weighted by molar-refractivity contribution is 8.18. The first-order valence-electron chi connectivity index (χ1n) is 9.17. The van der Waals surface area contributed by atoms with Crippen molar-refractivity contribution in [1.82, 2.24) is 4.90 Å². The van der Waals surface area contributed by atoms with Crippen LogP contribution >= 0.6 is 11.8 Å². The standard InChI is InChI=1S/C21H21N3O5S/c1-5-23-20(26)18(30-21(23)22-15-8-12(2)6-7-13(15)3)11-14-9-16(24(27)28)19(25)17(10-14)29-4/h6-11,25H,5H2,1-4H3/b18-11+,22-21?. The van der Waals surface area contributed by atoms with E-state index in [2.05, 4.69) is 4.99 Å². The highest BCUT2D eigenvalue weighted by atomic mass is 32.2. The van der Waals surface area contributed by atoms with Crippen LogP contribution in [0.3, 0.4) is 0 Å². The molecule has 1 aliphatic rings. The van der Waals surface area contributed by atoms with Gasteiger partial charge < -0.3 is 9.84 Å². The van der Waals surface area contributed by atoms with Gasteiger partial charge in [-0.15, -0.1) is 0 Å². The van der Waals surface area contributed by atoms with Crippen molar-refractivity contribution in [3.8, 4) is 11.5 Å². The largest absolute Gasteiger partial charge is 0.500 e. The Bertz CT molecular complexity index is 1090. The molecule has 3 rings (SSSR count). The third-order valence-corrected chi connectivity index (χ3v) is 5.58.